The molecule has 3 aromatic rings. The van der Waals surface area contributed by atoms with Crippen LogP contribution in [0, 0.1) is 0 Å². The van der Waals surface area contributed by atoms with Gasteiger partial charge in [0.05, 0.1) is 22.3 Å². The lowest BCUT2D eigenvalue weighted by atomic mass is 10.3. The number of amides is 1. The Balaban J connectivity index is 2.17. The van der Waals surface area contributed by atoms with Gasteiger partial charge in [-0.15, -0.1) is 11.3 Å². The molecule has 0 aliphatic rings. The molecule has 0 aliphatic carbocycles. The number of hydrogen-bond donors (Lipinski definition) is 1. The Hall–Kier alpha value is -2.21. The third kappa shape index (κ3) is 1.58. The van der Waals surface area contributed by atoms with Crippen LogP contribution in [-0.2, 0) is 0 Å². The van der Waals surface area contributed by atoms with E-state index in [0.29, 0.717) is 4.88 Å². The first-order valence-electron chi connectivity index (χ1n) is 4.91. The molecule has 0 fully saturated rings. The third-order valence-electron chi connectivity index (χ3n) is 2.46. The van der Waals surface area contributed by atoms with Gasteiger partial charge in [0.2, 0.25) is 0 Å². The molecule has 0 saturated carbocycles. The number of nitrogens with zero attached hydrogens (tertiary/aromatic N) is 3. The number of carbonyl (C=O) groups is 1. The molecule has 0 aliphatic heterocycles. The van der Waals surface area contributed by atoms with E-state index in [1.165, 1.54) is 11.3 Å². The number of nitrogens with two attached hydrogens (primary N) is 1. The van der Waals surface area contributed by atoms with Crippen LogP contribution in [0.25, 0.3) is 16.7 Å². The minimum absolute atomic E-state index is 0.410. The van der Waals surface area contributed by atoms with Crippen molar-refractivity contribution >= 4 is 28.3 Å². The summed E-state index contributed by atoms with van der Waals surface area (Å²) in [5.74, 6) is -0.410. The van der Waals surface area contributed by atoms with Crippen molar-refractivity contribution in [2.75, 3.05) is 0 Å². The lowest BCUT2D eigenvalue weighted by molar-refractivity contribution is 0.100. The number of carbonyl (C=O) groups excluding carboxylic acids is 1. The van der Waals surface area contributed by atoms with Crippen LogP contribution in [0.2, 0.25) is 0 Å². The topological polar surface area (TPSA) is 73.8 Å². The number of aromatic nitrogens is 3. The molecule has 3 heterocycles. The largest absolute Gasteiger partial charge is 0.365 e. The maximum atomic E-state index is 11.0. The fourth-order valence-corrected chi connectivity index (χ4v) is 2.39. The zero-order valence-electron chi connectivity index (χ0n) is 8.70. The minimum atomic E-state index is -0.410. The first kappa shape index (κ1) is 9.98. The minimum Gasteiger partial charge on any atom is -0.365 e. The van der Waals surface area contributed by atoms with Crippen LogP contribution in [0.3, 0.4) is 0 Å². The summed E-state index contributed by atoms with van der Waals surface area (Å²) >= 11 is 1.33. The van der Waals surface area contributed by atoms with Crippen molar-refractivity contribution in [1.29, 1.82) is 0 Å². The molecule has 1 amide bonds. The smallest absolute Gasteiger partial charge is 0.258 e. The summed E-state index contributed by atoms with van der Waals surface area (Å²) in [7, 11) is 0. The lowest BCUT2D eigenvalue weighted by Crippen LogP contribution is -2.08. The first-order valence-corrected chi connectivity index (χ1v) is 5.79. The highest BCUT2D eigenvalue weighted by molar-refractivity contribution is 7.12. The van der Waals surface area contributed by atoms with E-state index in [1.807, 2.05) is 16.0 Å². The Bertz CT molecular complexity index is 700. The van der Waals surface area contributed by atoms with E-state index in [2.05, 4.69) is 9.97 Å². The second-order valence-electron chi connectivity index (χ2n) is 3.51. The summed E-state index contributed by atoms with van der Waals surface area (Å²) in [6, 6.07) is 3.64. The summed E-state index contributed by atoms with van der Waals surface area (Å²) in [6.45, 7) is 0. The number of pyridine rings is 1. The van der Waals surface area contributed by atoms with Crippen LogP contribution in [0.4, 0.5) is 0 Å². The maximum Gasteiger partial charge on any atom is 0.258 e. The predicted molar refractivity (Wildman–Crippen MR) is 65.3 cm³/mol. The van der Waals surface area contributed by atoms with Crippen molar-refractivity contribution < 1.29 is 4.79 Å². The highest BCUT2D eigenvalue weighted by Gasteiger charge is 2.09. The van der Waals surface area contributed by atoms with Crippen LogP contribution in [0.5, 0.6) is 0 Å². The number of hydrogen-bond acceptors (Lipinski definition) is 4. The van der Waals surface area contributed by atoms with Crippen molar-refractivity contribution in [3.05, 3.63) is 41.1 Å². The molecule has 17 heavy (non-hydrogen) atoms. The van der Waals surface area contributed by atoms with Crippen molar-refractivity contribution in [3.63, 3.8) is 0 Å². The van der Waals surface area contributed by atoms with Crippen LogP contribution < -0.4 is 5.73 Å². The molecule has 0 spiro atoms. The van der Waals surface area contributed by atoms with Gasteiger partial charge in [0.1, 0.15) is 11.8 Å². The van der Waals surface area contributed by atoms with Crippen molar-refractivity contribution in [3.8, 4) is 5.69 Å². The molecular formula is C11H8N4OS. The zero-order chi connectivity index (χ0) is 11.8. The molecule has 3 rings (SSSR count). The maximum absolute atomic E-state index is 11.0. The van der Waals surface area contributed by atoms with E-state index < -0.39 is 5.91 Å². The quantitative estimate of drug-likeness (QED) is 0.743. The van der Waals surface area contributed by atoms with E-state index in [-0.39, 0.29) is 0 Å². The van der Waals surface area contributed by atoms with E-state index in [0.717, 1.165) is 16.7 Å². The standard InChI is InChI=1S/C11H8N4OS/c12-11(16)10-3-7(5-17-10)15-6-14-8-4-13-2-1-9(8)15/h1-6H,(H2,12,16). The van der Waals surface area contributed by atoms with Gasteiger partial charge in [0, 0.05) is 11.6 Å². The van der Waals surface area contributed by atoms with Gasteiger partial charge in [-0.1, -0.05) is 0 Å². The summed E-state index contributed by atoms with van der Waals surface area (Å²) in [5.41, 5.74) is 7.89. The summed E-state index contributed by atoms with van der Waals surface area (Å²) in [4.78, 5) is 19.8. The number of imidazole rings is 1. The average molecular weight is 244 g/mol. The molecule has 2 N–H and O–H groups in total. The van der Waals surface area contributed by atoms with Crippen LogP contribution in [-0.4, -0.2) is 20.4 Å². The van der Waals surface area contributed by atoms with Gasteiger partial charge in [-0.3, -0.25) is 14.3 Å². The van der Waals surface area contributed by atoms with Crippen molar-refractivity contribution in [2.45, 2.75) is 0 Å². The third-order valence-corrected chi connectivity index (χ3v) is 3.39. The van der Waals surface area contributed by atoms with Gasteiger partial charge in [-0.2, -0.15) is 0 Å². The zero-order valence-corrected chi connectivity index (χ0v) is 9.52. The average Bonchev–Trinajstić information content (AvgIpc) is 2.95. The second-order valence-corrected chi connectivity index (χ2v) is 4.42. The Kier molecular flexibility index (Phi) is 2.15. The summed E-state index contributed by atoms with van der Waals surface area (Å²) < 4.78 is 1.90. The van der Waals surface area contributed by atoms with Crippen molar-refractivity contribution in [2.24, 2.45) is 5.73 Å². The molecule has 0 saturated heterocycles. The van der Waals surface area contributed by atoms with Gasteiger partial charge in [-0.05, 0) is 12.1 Å². The highest BCUT2D eigenvalue weighted by atomic mass is 32.1. The molecule has 6 heteroatoms. The molecule has 0 aromatic carbocycles. The molecule has 0 radical (unpaired) electrons. The van der Waals surface area contributed by atoms with Crippen LogP contribution in [0.1, 0.15) is 9.67 Å². The molecule has 0 bridgehead atoms. The van der Waals surface area contributed by atoms with E-state index in [9.17, 15) is 4.79 Å². The Morgan fingerprint density at radius 1 is 1.47 bits per heavy atom. The van der Waals surface area contributed by atoms with Gasteiger partial charge < -0.3 is 5.73 Å². The molecule has 84 valence electrons. The summed E-state index contributed by atoms with van der Waals surface area (Å²) in [5, 5.41) is 1.88. The monoisotopic (exact) mass is 244 g/mol. The normalized spacial score (nSPS) is 10.8. The number of fused-ring (bicyclic) bond motifs is 1. The first-order chi connectivity index (χ1) is 8.25. The fourth-order valence-electron chi connectivity index (χ4n) is 1.65. The number of rotatable bonds is 2. The van der Waals surface area contributed by atoms with Gasteiger partial charge in [-0.25, -0.2) is 4.98 Å². The SMILES string of the molecule is NC(=O)c1cc(-n2cnc3cnccc32)cs1. The van der Waals surface area contributed by atoms with E-state index in [1.54, 1.807) is 24.8 Å². The Morgan fingerprint density at radius 2 is 2.35 bits per heavy atom. The van der Waals surface area contributed by atoms with Crippen LogP contribution >= 0.6 is 11.3 Å². The van der Waals surface area contributed by atoms with Gasteiger partial charge in [0.25, 0.3) is 5.91 Å². The van der Waals surface area contributed by atoms with E-state index >= 15 is 0 Å². The lowest BCUT2D eigenvalue weighted by Gasteiger charge is -1.98. The number of primary amides is 1. The molecule has 5 nitrogen and oxygen atoms in total. The molecule has 3 aromatic heterocycles. The van der Waals surface area contributed by atoms with Gasteiger partial charge in [0.15, 0.2) is 0 Å². The molecule has 0 atom stereocenters. The Labute approximate surface area is 101 Å². The van der Waals surface area contributed by atoms with Crippen molar-refractivity contribution in [1.82, 2.24) is 14.5 Å². The van der Waals surface area contributed by atoms with Crippen LogP contribution in [0.15, 0.2) is 36.2 Å². The highest BCUT2D eigenvalue weighted by Crippen LogP contribution is 2.22. The second kappa shape index (κ2) is 3.67. The van der Waals surface area contributed by atoms with E-state index in [4.69, 9.17) is 5.73 Å². The number of thiophene rings is 1. The molecular weight excluding hydrogens is 236 g/mol. The van der Waals surface area contributed by atoms with Gasteiger partial charge >= 0.3 is 0 Å². The summed E-state index contributed by atoms with van der Waals surface area (Å²) in [6.07, 6.45) is 5.12. The predicted octanol–water partition coefficient (Wildman–Crippen LogP) is 1.58. The Morgan fingerprint density at radius 3 is 3.12 bits per heavy atom. The fraction of sp³-hybridized carbons (Fsp3) is 0. The molecule has 0 unspecified atom stereocenters.